The molecular formula is C10H12N2O. The molecule has 3 heteroatoms. The Kier molecular flexibility index (Phi) is 3.80. The molecule has 0 amide bonds. The van der Waals surface area contributed by atoms with Crippen molar-refractivity contribution in [1.29, 1.82) is 0 Å². The second kappa shape index (κ2) is 5.18. The largest absolute Gasteiger partial charge is 0.492 e. The van der Waals surface area contributed by atoms with Gasteiger partial charge in [0.15, 0.2) is 0 Å². The van der Waals surface area contributed by atoms with Crippen LogP contribution in [-0.4, -0.2) is 18.1 Å². The third-order valence-corrected chi connectivity index (χ3v) is 1.41. The molecule has 0 saturated carbocycles. The monoisotopic (exact) mass is 176 g/mol. The average molecular weight is 176 g/mol. The van der Waals surface area contributed by atoms with Crippen molar-refractivity contribution in [1.82, 2.24) is 4.98 Å². The lowest BCUT2D eigenvalue weighted by Gasteiger charge is -2.03. The van der Waals surface area contributed by atoms with Crippen molar-refractivity contribution in [2.24, 2.45) is 5.73 Å². The summed E-state index contributed by atoms with van der Waals surface area (Å²) in [7, 11) is 0. The molecule has 0 aliphatic rings. The van der Waals surface area contributed by atoms with E-state index < -0.39 is 0 Å². The minimum absolute atomic E-state index is 0.348. The van der Waals surface area contributed by atoms with Crippen LogP contribution in [0.15, 0.2) is 18.5 Å². The van der Waals surface area contributed by atoms with Crippen molar-refractivity contribution in [2.75, 3.05) is 13.2 Å². The van der Waals surface area contributed by atoms with Gasteiger partial charge >= 0.3 is 0 Å². The number of nitrogens with zero attached hydrogens (tertiary/aromatic N) is 1. The van der Waals surface area contributed by atoms with Crippen LogP contribution in [0.2, 0.25) is 0 Å². The van der Waals surface area contributed by atoms with Crippen molar-refractivity contribution in [3.63, 3.8) is 0 Å². The quantitative estimate of drug-likeness (QED) is 0.678. The lowest BCUT2D eigenvalue weighted by Crippen LogP contribution is -1.96. The van der Waals surface area contributed by atoms with Gasteiger partial charge in [-0.2, -0.15) is 0 Å². The summed E-state index contributed by atoms with van der Waals surface area (Å²) in [6.45, 7) is 2.91. The molecule has 0 radical (unpaired) electrons. The van der Waals surface area contributed by atoms with Crippen molar-refractivity contribution in [3.05, 3.63) is 24.0 Å². The lowest BCUT2D eigenvalue weighted by molar-refractivity contribution is 0.339. The van der Waals surface area contributed by atoms with Crippen LogP contribution >= 0.6 is 0 Å². The van der Waals surface area contributed by atoms with Crippen molar-refractivity contribution >= 4 is 0 Å². The third kappa shape index (κ3) is 2.77. The Balaban J connectivity index is 2.90. The zero-order valence-electron chi connectivity index (χ0n) is 7.58. The van der Waals surface area contributed by atoms with Crippen LogP contribution in [0.3, 0.4) is 0 Å². The number of nitrogens with two attached hydrogens (primary N) is 1. The van der Waals surface area contributed by atoms with E-state index in [9.17, 15) is 0 Å². The van der Waals surface area contributed by atoms with Crippen LogP contribution in [0.1, 0.15) is 12.5 Å². The first-order valence-corrected chi connectivity index (χ1v) is 4.14. The topological polar surface area (TPSA) is 48.1 Å². The van der Waals surface area contributed by atoms with Gasteiger partial charge in [0.1, 0.15) is 5.75 Å². The first-order valence-electron chi connectivity index (χ1n) is 4.14. The molecule has 3 nitrogen and oxygen atoms in total. The fourth-order valence-corrected chi connectivity index (χ4v) is 0.903. The van der Waals surface area contributed by atoms with Gasteiger partial charge in [-0.25, -0.2) is 0 Å². The van der Waals surface area contributed by atoms with Crippen LogP contribution in [0.5, 0.6) is 5.75 Å². The second-order valence-corrected chi connectivity index (χ2v) is 2.31. The van der Waals surface area contributed by atoms with Gasteiger partial charge in [0.2, 0.25) is 0 Å². The molecule has 1 heterocycles. The van der Waals surface area contributed by atoms with Crippen molar-refractivity contribution < 1.29 is 4.74 Å². The van der Waals surface area contributed by atoms with Crippen LogP contribution in [0.4, 0.5) is 0 Å². The van der Waals surface area contributed by atoms with Crippen molar-refractivity contribution in [3.8, 4) is 17.6 Å². The summed E-state index contributed by atoms with van der Waals surface area (Å²) in [5.74, 6) is 6.42. The highest BCUT2D eigenvalue weighted by Crippen LogP contribution is 2.14. The Labute approximate surface area is 77.9 Å². The number of rotatable bonds is 2. The molecule has 1 aromatic heterocycles. The van der Waals surface area contributed by atoms with Gasteiger partial charge in [-0.3, -0.25) is 4.98 Å². The Morgan fingerprint density at radius 1 is 1.62 bits per heavy atom. The van der Waals surface area contributed by atoms with E-state index in [1.54, 1.807) is 18.5 Å². The SMILES string of the molecule is CCOc1ccncc1C#CCN. The van der Waals surface area contributed by atoms with E-state index in [0.717, 1.165) is 11.3 Å². The predicted octanol–water partition coefficient (Wildman–Crippen LogP) is 0.790. The highest BCUT2D eigenvalue weighted by Gasteiger charge is 1.97. The zero-order chi connectivity index (χ0) is 9.52. The van der Waals surface area contributed by atoms with E-state index in [0.29, 0.717) is 13.2 Å². The van der Waals surface area contributed by atoms with E-state index in [4.69, 9.17) is 10.5 Å². The van der Waals surface area contributed by atoms with Gasteiger partial charge in [-0.05, 0) is 13.0 Å². The molecule has 68 valence electrons. The molecule has 0 saturated heterocycles. The van der Waals surface area contributed by atoms with E-state index in [1.165, 1.54) is 0 Å². The highest BCUT2D eigenvalue weighted by molar-refractivity contribution is 5.43. The smallest absolute Gasteiger partial charge is 0.137 e. The van der Waals surface area contributed by atoms with Crippen LogP contribution in [0, 0.1) is 11.8 Å². The molecule has 0 aliphatic carbocycles. The summed E-state index contributed by atoms with van der Waals surface area (Å²) in [6, 6.07) is 1.80. The Morgan fingerprint density at radius 2 is 2.46 bits per heavy atom. The standard InChI is InChI=1S/C10H12N2O/c1-2-13-10-5-7-12-8-9(10)4-3-6-11/h5,7-8H,2,6,11H2,1H3. The molecule has 2 N–H and O–H groups in total. The molecule has 1 aromatic rings. The van der Waals surface area contributed by atoms with Gasteiger partial charge in [-0.1, -0.05) is 11.8 Å². The molecule has 0 bridgehead atoms. The Hall–Kier alpha value is -1.53. The van der Waals surface area contributed by atoms with Gasteiger partial charge in [-0.15, -0.1) is 0 Å². The normalized spacial score (nSPS) is 8.77. The maximum atomic E-state index is 5.35. The fraction of sp³-hybridized carbons (Fsp3) is 0.300. The summed E-state index contributed by atoms with van der Waals surface area (Å²) in [5.41, 5.74) is 6.05. The maximum absolute atomic E-state index is 5.35. The molecule has 13 heavy (non-hydrogen) atoms. The summed E-state index contributed by atoms with van der Waals surface area (Å²) in [4.78, 5) is 3.96. The average Bonchev–Trinajstić information content (AvgIpc) is 2.17. The number of hydrogen-bond acceptors (Lipinski definition) is 3. The van der Waals surface area contributed by atoms with Crippen LogP contribution in [-0.2, 0) is 0 Å². The van der Waals surface area contributed by atoms with Gasteiger partial charge in [0.05, 0.1) is 18.7 Å². The minimum atomic E-state index is 0.348. The summed E-state index contributed by atoms with van der Waals surface area (Å²) in [6.07, 6.45) is 3.35. The Morgan fingerprint density at radius 3 is 3.15 bits per heavy atom. The molecular weight excluding hydrogens is 164 g/mol. The van der Waals surface area contributed by atoms with Gasteiger partial charge < -0.3 is 10.5 Å². The number of hydrogen-bond donors (Lipinski definition) is 1. The number of pyridine rings is 1. The van der Waals surface area contributed by atoms with Gasteiger partial charge in [0, 0.05) is 12.4 Å². The molecule has 0 spiro atoms. The minimum Gasteiger partial charge on any atom is -0.492 e. The first-order chi connectivity index (χ1) is 6.38. The molecule has 0 aromatic carbocycles. The second-order valence-electron chi connectivity index (χ2n) is 2.31. The van der Waals surface area contributed by atoms with E-state index in [1.807, 2.05) is 6.92 Å². The molecule has 1 rings (SSSR count). The molecule has 0 atom stereocenters. The third-order valence-electron chi connectivity index (χ3n) is 1.41. The fourth-order valence-electron chi connectivity index (χ4n) is 0.903. The predicted molar refractivity (Wildman–Crippen MR) is 51.3 cm³/mol. The zero-order valence-corrected chi connectivity index (χ0v) is 7.58. The van der Waals surface area contributed by atoms with E-state index in [2.05, 4.69) is 16.8 Å². The number of ether oxygens (including phenoxy) is 1. The molecule has 0 aliphatic heterocycles. The van der Waals surface area contributed by atoms with Gasteiger partial charge in [0.25, 0.3) is 0 Å². The van der Waals surface area contributed by atoms with Crippen LogP contribution in [0.25, 0.3) is 0 Å². The van der Waals surface area contributed by atoms with E-state index >= 15 is 0 Å². The summed E-state index contributed by atoms with van der Waals surface area (Å²) >= 11 is 0. The van der Waals surface area contributed by atoms with Crippen LogP contribution < -0.4 is 10.5 Å². The Bertz CT molecular complexity index is 325. The molecule has 0 unspecified atom stereocenters. The maximum Gasteiger partial charge on any atom is 0.137 e. The van der Waals surface area contributed by atoms with Crippen molar-refractivity contribution in [2.45, 2.75) is 6.92 Å². The summed E-state index contributed by atoms with van der Waals surface area (Å²) in [5, 5.41) is 0. The lowest BCUT2D eigenvalue weighted by atomic mass is 10.2. The molecule has 0 fully saturated rings. The highest BCUT2D eigenvalue weighted by atomic mass is 16.5. The first kappa shape index (κ1) is 9.56. The summed E-state index contributed by atoms with van der Waals surface area (Å²) < 4.78 is 5.35. The van der Waals surface area contributed by atoms with E-state index in [-0.39, 0.29) is 0 Å². The number of aromatic nitrogens is 1.